The number of nitrogens with zero attached hydrogens (tertiary/aromatic N) is 1. The zero-order chi connectivity index (χ0) is 21.1. The first-order valence-electron chi connectivity index (χ1n) is 10.2. The van der Waals surface area contributed by atoms with Crippen molar-refractivity contribution in [1.29, 1.82) is 0 Å². The van der Waals surface area contributed by atoms with Gasteiger partial charge in [0.25, 0.3) is 0 Å². The Hall–Kier alpha value is -2.28. The molecule has 1 N–H and O–H groups in total. The Morgan fingerprint density at radius 3 is 2.48 bits per heavy atom. The molecule has 31 heavy (non-hydrogen) atoms. The van der Waals surface area contributed by atoms with E-state index in [1.165, 1.54) is 28.5 Å². The number of benzene rings is 3. The molecule has 1 saturated heterocycles. The van der Waals surface area contributed by atoms with Gasteiger partial charge in [-0.05, 0) is 47.5 Å². The van der Waals surface area contributed by atoms with Crippen LogP contribution in [0.2, 0.25) is 0 Å². The van der Waals surface area contributed by atoms with Gasteiger partial charge in [0.1, 0.15) is 0 Å². The Morgan fingerprint density at radius 1 is 1.03 bits per heavy atom. The number of hydrogen-bond donors (Lipinski definition) is 1. The van der Waals surface area contributed by atoms with Crippen LogP contribution >= 0.6 is 12.4 Å². The lowest BCUT2D eigenvalue weighted by molar-refractivity contribution is -0.137. The van der Waals surface area contributed by atoms with Crippen LogP contribution in [0.15, 0.2) is 66.7 Å². The third-order valence-corrected chi connectivity index (χ3v) is 5.64. The Kier molecular flexibility index (Phi) is 7.46. The molecule has 0 bridgehead atoms. The van der Waals surface area contributed by atoms with Crippen molar-refractivity contribution in [2.75, 3.05) is 31.1 Å². The van der Waals surface area contributed by atoms with Crippen molar-refractivity contribution in [1.82, 2.24) is 5.32 Å². The van der Waals surface area contributed by atoms with Crippen LogP contribution in [-0.4, -0.2) is 32.3 Å². The second-order valence-corrected chi connectivity index (χ2v) is 7.68. The first kappa shape index (κ1) is 23.4. The summed E-state index contributed by atoms with van der Waals surface area (Å²) in [5.74, 6) is 0. The van der Waals surface area contributed by atoms with Gasteiger partial charge in [-0.1, -0.05) is 42.5 Å². The van der Waals surface area contributed by atoms with Crippen molar-refractivity contribution in [2.45, 2.75) is 25.2 Å². The molecule has 0 amide bonds. The summed E-state index contributed by atoms with van der Waals surface area (Å²) in [6.45, 7) is 4.66. The summed E-state index contributed by atoms with van der Waals surface area (Å²) in [5, 5.41) is 6.01. The molecule has 7 heteroatoms. The number of fused-ring (bicyclic) bond motifs is 1. The summed E-state index contributed by atoms with van der Waals surface area (Å²) in [6, 6.07) is 20.1. The maximum absolute atomic E-state index is 12.8. The molecule has 3 aromatic rings. The molecule has 0 aromatic heterocycles. The molecule has 0 saturated carbocycles. The predicted molar refractivity (Wildman–Crippen MR) is 121 cm³/mol. The molecule has 1 fully saturated rings. The Labute approximate surface area is 186 Å². The zero-order valence-corrected chi connectivity index (χ0v) is 18.0. The first-order valence-corrected chi connectivity index (χ1v) is 10.2. The molecule has 1 aliphatic rings. The van der Waals surface area contributed by atoms with Gasteiger partial charge in [-0.25, -0.2) is 0 Å². The van der Waals surface area contributed by atoms with Gasteiger partial charge < -0.3 is 15.0 Å². The second-order valence-electron chi connectivity index (χ2n) is 7.68. The first-order chi connectivity index (χ1) is 14.4. The van der Waals surface area contributed by atoms with Crippen molar-refractivity contribution in [2.24, 2.45) is 0 Å². The average molecular weight is 451 g/mol. The van der Waals surface area contributed by atoms with Crippen LogP contribution in [0.1, 0.15) is 24.1 Å². The zero-order valence-electron chi connectivity index (χ0n) is 17.2. The summed E-state index contributed by atoms with van der Waals surface area (Å²) in [6.07, 6.45) is -4.34. The fourth-order valence-corrected chi connectivity index (χ4v) is 3.98. The lowest BCUT2D eigenvalue weighted by atomic mass is 9.99. The van der Waals surface area contributed by atoms with Crippen molar-refractivity contribution in [3.8, 4) is 0 Å². The van der Waals surface area contributed by atoms with E-state index < -0.39 is 11.7 Å². The minimum absolute atomic E-state index is 0. The van der Waals surface area contributed by atoms with Crippen LogP contribution in [0, 0.1) is 0 Å². The Bertz CT molecular complexity index is 989. The monoisotopic (exact) mass is 450 g/mol. The van der Waals surface area contributed by atoms with E-state index in [1.807, 2.05) is 12.1 Å². The van der Waals surface area contributed by atoms with Crippen LogP contribution in [0.3, 0.4) is 0 Å². The number of anilines is 1. The van der Waals surface area contributed by atoms with Crippen molar-refractivity contribution in [3.63, 3.8) is 0 Å². The van der Waals surface area contributed by atoms with Crippen LogP contribution in [-0.2, 0) is 10.9 Å². The molecule has 1 unspecified atom stereocenters. The van der Waals surface area contributed by atoms with E-state index >= 15 is 0 Å². The van der Waals surface area contributed by atoms with Gasteiger partial charge >= 0.3 is 6.18 Å². The topological polar surface area (TPSA) is 24.5 Å². The summed E-state index contributed by atoms with van der Waals surface area (Å²) in [4.78, 5) is 2.08. The third-order valence-electron chi connectivity index (χ3n) is 5.64. The normalized spacial score (nSPS) is 17.9. The lowest BCUT2D eigenvalue weighted by Gasteiger charge is -2.35. The SMILES string of the molecule is C[C@@H](NCC1CN(c2ccc(C(F)(F)F)cc2)CCO1)c1cccc2ccccc12.Cl. The summed E-state index contributed by atoms with van der Waals surface area (Å²) in [5.41, 5.74) is 1.41. The van der Waals surface area contributed by atoms with Crippen molar-refractivity contribution < 1.29 is 17.9 Å². The minimum Gasteiger partial charge on any atom is -0.373 e. The van der Waals surface area contributed by atoms with Gasteiger partial charge in [-0.3, -0.25) is 0 Å². The molecular formula is C24H26ClF3N2O. The van der Waals surface area contributed by atoms with Gasteiger partial charge in [-0.2, -0.15) is 13.2 Å². The van der Waals surface area contributed by atoms with Gasteiger partial charge in [0, 0.05) is 31.4 Å². The molecule has 2 atom stereocenters. The highest BCUT2D eigenvalue weighted by molar-refractivity contribution is 5.86. The largest absolute Gasteiger partial charge is 0.416 e. The number of rotatable bonds is 5. The van der Waals surface area contributed by atoms with E-state index in [0.717, 1.165) is 17.8 Å². The standard InChI is InChI=1S/C24H25F3N2O.ClH/c1-17(22-8-4-6-18-5-2-3-7-23(18)22)28-15-21-16-29(13-14-30-21)20-11-9-19(10-12-20)24(25,26)27;/h2-12,17,21,28H,13-16H2,1H3;1H/t17-,21?;/m1./s1. The predicted octanol–water partition coefficient (Wildman–Crippen LogP) is 5.84. The number of morpholine rings is 1. The number of hydrogen-bond acceptors (Lipinski definition) is 3. The van der Waals surface area contributed by atoms with E-state index in [0.29, 0.717) is 26.2 Å². The maximum Gasteiger partial charge on any atom is 0.416 e. The van der Waals surface area contributed by atoms with E-state index in [4.69, 9.17) is 4.74 Å². The number of ether oxygens (including phenoxy) is 1. The van der Waals surface area contributed by atoms with Crippen LogP contribution < -0.4 is 10.2 Å². The smallest absolute Gasteiger partial charge is 0.373 e. The molecule has 3 aromatic carbocycles. The molecule has 3 nitrogen and oxygen atoms in total. The second kappa shape index (κ2) is 9.90. The highest BCUT2D eigenvalue weighted by Crippen LogP contribution is 2.31. The fraction of sp³-hybridized carbons (Fsp3) is 0.333. The van der Waals surface area contributed by atoms with Crippen LogP contribution in [0.5, 0.6) is 0 Å². The molecule has 166 valence electrons. The molecular weight excluding hydrogens is 425 g/mol. The number of halogens is 4. The van der Waals surface area contributed by atoms with Crippen molar-refractivity contribution >= 4 is 28.9 Å². The van der Waals surface area contributed by atoms with E-state index in [2.05, 4.69) is 47.5 Å². The van der Waals surface area contributed by atoms with Gasteiger partial charge in [0.2, 0.25) is 0 Å². The van der Waals surface area contributed by atoms with Gasteiger partial charge in [-0.15, -0.1) is 12.4 Å². The summed E-state index contributed by atoms with van der Waals surface area (Å²) >= 11 is 0. The van der Waals surface area contributed by atoms with E-state index in [9.17, 15) is 13.2 Å². The third kappa shape index (κ3) is 5.50. The number of nitrogens with one attached hydrogen (secondary N) is 1. The highest BCUT2D eigenvalue weighted by Gasteiger charge is 2.30. The molecule has 4 rings (SSSR count). The van der Waals surface area contributed by atoms with E-state index in [1.54, 1.807) is 0 Å². The number of alkyl halides is 3. The van der Waals surface area contributed by atoms with Gasteiger partial charge in [0.15, 0.2) is 0 Å². The summed E-state index contributed by atoms with van der Waals surface area (Å²) < 4.78 is 44.3. The quantitative estimate of drug-likeness (QED) is 0.528. The van der Waals surface area contributed by atoms with Gasteiger partial charge in [0.05, 0.1) is 18.3 Å². The molecule has 0 radical (unpaired) electrons. The van der Waals surface area contributed by atoms with Crippen molar-refractivity contribution in [3.05, 3.63) is 77.9 Å². The molecule has 1 heterocycles. The average Bonchev–Trinajstić information content (AvgIpc) is 2.77. The minimum atomic E-state index is -4.31. The fourth-order valence-electron chi connectivity index (χ4n) is 3.98. The van der Waals surface area contributed by atoms with Crippen LogP contribution in [0.25, 0.3) is 10.8 Å². The molecule has 0 spiro atoms. The molecule has 0 aliphatic carbocycles. The molecule has 1 aliphatic heterocycles. The van der Waals surface area contributed by atoms with Crippen LogP contribution in [0.4, 0.5) is 18.9 Å². The summed E-state index contributed by atoms with van der Waals surface area (Å²) in [7, 11) is 0. The Balaban J connectivity index is 0.00000272. The Morgan fingerprint density at radius 2 is 1.74 bits per heavy atom. The van der Waals surface area contributed by atoms with E-state index in [-0.39, 0.29) is 24.6 Å². The maximum atomic E-state index is 12.8. The highest BCUT2D eigenvalue weighted by atomic mass is 35.5. The lowest BCUT2D eigenvalue weighted by Crippen LogP contribution is -2.47.